The van der Waals surface area contributed by atoms with Crippen LogP contribution in [0.2, 0.25) is 0 Å². The molecule has 0 radical (unpaired) electrons. The van der Waals surface area contributed by atoms with Crippen LogP contribution in [0.15, 0.2) is 29.2 Å². The lowest BCUT2D eigenvalue weighted by molar-refractivity contribution is -0.137. The molecule has 0 heterocycles. The van der Waals surface area contributed by atoms with E-state index in [1.165, 1.54) is 6.07 Å². The van der Waals surface area contributed by atoms with Crippen molar-refractivity contribution in [3.8, 4) is 0 Å². The summed E-state index contributed by atoms with van der Waals surface area (Å²) in [5.74, 6) is -1.26. The second-order valence-corrected chi connectivity index (χ2v) is 3.75. The third kappa shape index (κ3) is 3.01. The number of carbonyl (C=O) groups is 1. The van der Waals surface area contributed by atoms with Crippen LogP contribution in [-0.2, 0) is 4.79 Å². The van der Waals surface area contributed by atoms with E-state index in [2.05, 4.69) is 0 Å². The molecule has 0 bridgehead atoms. The maximum Gasteiger partial charge on any atom is 0.321 e. The van der Waals surface area contributed by atoms with E-state index in [1.54, 1.807) is 18.2 Å². The highest BCUT2D eigenvalue weighted by atomic mass is 32.2. The van der Waals surface area contributed by atoms with Crippen LogP contribution in [0.1, 0.15) is 0 Å². The topological polar surface area (TPSA) is 63.3 Å². The fraction of sp³-hybridized carbons (Fsp3) is 0.222. The van der Waals surface area contributed by atoms with Gasteiger partial charge in [-0.05, 0) is 12.1 Å². The molecule has 5 heteroatoms. The van der Waals surface area contributed by atoms with Crippen molar-refractivity contribution in [3.63, 3.8) is 0 Å². The second-order valence-electron chi connectivity index (χ2n) is 2.69. The van der Waals surface area contributed by atoms with E-state index < -0.39 is 12.0 Å². The van der Waals surface area contributed by atoms with Crippen LogP contribution >= 0.6 is 11.8 Å². The number of rotatable bonds is 4. The Bertz CT molecular complexity index is 332. The van der Waals surface area contributed by atoms with Crippen molar-refractivity contribution in [2.24, 2.45) is 5.73 Å². The van der Waals surface area contributed by atoms with Gasteiger partial charge in [0.2, 0.25) is 0 Å². The number of nitrogens with two attached hydrogens (primary N) is 1. The summed E-state index contributed by atoms with van der Waals surface area (Å²) in [6.07, 6.45) is 0. The molecule has 3 nitrogen and oxygen atoms in total. The standard InChI is InChI=1S/C9H10FNO2S/c10-6-3-1-2-4-8(6)14-5-7(11)9(12)13/h1-4,7H,5,11H2,(H,12,13)/t7-/m0/s1. The molecule has 14 heavy (non-hydrogen) atoms. The predicted molar refractivity (Wildman–Crippen MR) is 52.7 cm³/mol. The lowest BCUT2D eigenvalue weighted by Gasteiger charge is -2.06. The molecule has 0 aliphatic heterocycles. The Hall–Kier alpha value is -1.07. The summed E-state index contributed by atoms with van der Waals surface area (Å²) >= 11 is 1.10. The summed E-state index contributed by atoms with van der Waals surface area (Å²) in [4.78, 5) is 10.8. The van der Waals surface area contributed by atoms with Crippen molar-refractivity contribution in [2.45, 2.75) is 10.9 Å². The molecule has 0 fully saturated rings. The first-order chi connectivity index (χ1) is 6.61. The zero-order valence-corrected chi connectivity index (χ0v) is 8.13. The van der Waals surface area contributed by atoms with Gasteiger partial charge < -0.3 is 10.8 Å². The van der Waals surface area contributed by atoms with E-state index in [0.717, 1.165) is 11.8 Å². The van der Waals surface area contributed by atoms with Gasteiger partial charge in [0.1, 0.15) is 11.9 Å². The summed E-state index contributed by atoms with van der Waals surface area (Å²) in [6.45, 7) is 0. The maximum atomic E-state index is 13.0. The number of hydrogen-bond donors (Lipinski definition) is 2. The van der Waals surface area contributed by atoms with Gasteiger partial charge in [0.05, 0.1) is 0 Å². The van der Waals surface area contributed by atoms with Crippen LogP contribution < -0.4 is 5.73 Å². The van der Waals surface area contributed by atoms with Gasteiger partial charge in [0.25, 0.3) is 0 Å². The molecule has 1 rings (SSSR count). The van der Waals surface area contributed by atoms with Gasteiger partial charge >= 0.3 is 5.97 Å². The zero-order valence-electron chi connectivity index (χ0n) is 7.31. The summed E-state index contributed by atoms with van der Waals surface area (Å²) in [7, 11) is 0. The minimum Gasteiger partial charge on any atom is -0.480 e. The van der Waals surface area contributed by atoms with Gasteiger partial charge in [-0.25, -0.2) is 4.39 Å². The highest BCUT2D eigenvalue weighted by Gasteiger charge is 2.12. The average Bonchev–Trinajstić information content (AvgIpc) is 2.16. The first-order valence-corrected chi connectivity index (χ1v) is 4.95. The lowest BCUT2D eigenvalue weighted by atomic mass is 10.3. The Kier molecular flexibility index (Phi) is 3.91. The van der Waals surface area contributed by atoms with Gasteiger partial charge in [-0.15, -0.1) is 11.8 Å². The van der Waals surface area contributed by atoms with Crippen molar-refractivity contribution in [1.82, 2.24) is 0 Å². The van der Waals surface area contributed by atoms with Crippen LogP contribution in [-0.4, -0.2) is 22.9 Å². The molecule has 0 spiro atoms. The van der Waals surface area contributed by atoms with Crippen molar-refractivity contribution in [2.75, 3.05) is 5.75 Å². The largest absolute Gasteiger partial charge is 0.480 e. The number of hydrogen-bond acceptors (Lipinski definition) is 3. The molecule has 0 saturated heterocycles. The predicted octanol–water partition coefficient (Wildman–Crippen LogP) is 1.33. The number of halogens is 1. The van der Waals surface area contributed by atoms with Crippen LogP contribution in [0.5, 0.6) is 0 Å². The number of carboxylic acids is 1. The molecule has 1 aromatic rings. The average molecular weight is 215 g/mol. The van der Waals surface area contributed by atoms with Crippen molar-refractivity contribution in [1.29, 1.82) is 0 Å². The fourth-order valence-corrected chi connectivity index (χ4v) is 1.70. The molecule has 3 N–H and O–H groups in total. The first kappa shape index (κ1) is 11.0. The Balaban J connectivity index is 2.54. The summed E-state index contributed by atoms with van der Waals surface area (Å²) in [5, 5.41) is 8.50. The highest BCUT2D eigenvalue weighted by Crippen LogP contribution is 2.21. The smallest absolute Gasteiger partial charge is 0.321 e. The monoisotopic (exact) mass is 215 g/mol. The van der Waals surface area contributed by atoms with Gasteiger partial charge in [0, 0.05) is 10.6 Å². The second kappa shape index (κ2) is 4.97. The van der Waals surface area contributed by atoms with Crippen LogP contribution in [0.3, 0.4) is 0 Å². The van der Waals surface area contributed by atoms with Crippen LogP contribution in [0.4, 0.5) is 4.39 Å². The molecule has 0 aliphatic carbocycles. The number of carboxylic acid groups (broad SMARTS) is 1. The zero-order chi connectivity index (χ0) is 10.6. The third-order valence-corrected chi connectivity index (χ3v) is 2.74. The summed E-state index contributed by atoms with van der Waals surface area (Å²) < 4.78 is 13.0. The van der Waals surface area contributed by atoms with Gasteiger partial charge in [-0.2, -0.15) is 0 Å². The van der Waals surface area contributed by atoms with E-state index in [9.17, 15) is 9.18 Å². The van der Waals surface area contributed by atoms with Crippen LogP contribution in [0.25, 0.3) is 0 Å². The van der Waals surface area contributed by atoms with Crippen molar-refractivity contribution < 1.29 is 14.3 Å². The van der Waals surface area contributed by atoms with E-state index >= 15 is 0 Å². The SMILES string of the molecule is N[C@@H](CSc1ccccc1F)C(=O)O. The molecular weight excluding hydrogens is 205 g/mol. The van der Waals surface area contributed by atoms with Crippen molar-refractivity contribution in [3.05, 3.63) is 30.1 Å². The van der Waals surface area contributed by atoms with E-state index in [0.29, 0.717) is 4.90 Å². The summed E-state index contributed by atoms with van der Waals surface area (Å²) in [5.41, 5.74) is 5.27. The molecule has 0 saturated carbocycles. The Morgan fingerprint density at radius 2 is 2.21 bits per heavy atom. The molecular formula is C9H10FNO2S. The Morgan fingerprint density at radius 3 is 2.79 bits per heavy atom. The fourth-order valence-electron chi connectivity index (χ4n) is 0.813. The molecule has 1 aromatic carbocycles. The Morgan fingerprint density at radius 1 is 1.57 bits per heavy atom. The quantitative estimate of drug-likeness (QED) is 0.744. The highest BCUT2D eigenvalue weighted by molar-refractivity contribution is 7.99. The van der Waals surface area contributed by atoms with Gasteiger partial charge in [-0.1, -0.05) is 12.1 Å². The first-order valence-electron chi connectivity index (χ1n) is 3.97. The molecule has 0 unspecified atom stereocenters. The minimum atomic E-state index is -1.08. The molecule has 0 aliphatic rings. The van der Waals surface area contributed by atoms with Crippen LogP contribution in [0, 0.1) is 5.82 Å². The summed E-state index contributed by atoms with van der Waals surface area (Å²) in [6, 6.07) is 5.23. The Labute approximate surface area is 85.1 Å². The molecule has 0 aromatic heterocycles. The minimum absolute atomic E-state index is 0.163. The third-order valence-electron chi connectivity index (χ3n) is 1.57. The van der Waals surface area contributed by atoms with E-state index in [1.807, 2.05) is 0 Å². The number of benzene rings is 1. The van der Waals surface area contributed by atoms with Gasteiger partial charge in [-0.3, -0.25) is 4.79 Å². The molecule has 0 amide bonds. The number of thioether (sulfide) groups is 1. The molecule has 76 valence electrons. The van der Waals surface area contributed by atoms with Gasteiger partial charge in [0.15, 0.2) is 0 Å². The van der Waals surface area contributed by atoms with E-state index in [-0.39, 0.29) is 11.6 Å². The lowest BCUT2D eigenvalue weighted by Crippen LogP contribution is -2.32. The maximum absolute atomic E-state index is 13.0. The number of aliphatic carboxylic acids is 1. The molecule has 1 atom stereocenters. The normalized spacial score (nSPS) is 12.4. The van der Waals surface area contributed by atoms with E-state index in [4.69, 9.17) is 10.8 Å². The van der Waals surface area contributed by atoms with Crippen molar-refractivity contribution >= 4 is 17.7 Å².